The Balaban J connectivity index is 1.85. The monoisotopic (exact) mass is 527 g/mol. The zero-order chi connectivity index (χ0) is 24.7. The summed E-state index contributed by atoms with van der Waals surface area (Å²) in [5, 5.41) is 7.61. The number of hydrogen-bond acceptors (Lipinski definition) is 7. The van der Waals surface area contributed by atoms with Gasteiger partial charge in [0.15, 0.2) is 0 Å². The summed E-state index contributed by atoms with van der Waals surface area (Å²) in [5.41, 5.74) is -6.13. The Morgan fingerprint density at radius 3 is 1.97 bits per heavy atom. The molecule has 33 heavy (non-hydrogen) atoms. The molecule has 15 heteroatoms. The molecule has 3 N–H and O–H groups in total. The quantitative estimate of drug-likeness (QED) is 0.584. The Labute approximate surface area is 189 Å². The maximum absolute atomic E-state index is 13.2. The number of alkyl halides is 3. The zero-order valence-electron chi connectivity index (χ0n) is 16.9. The Morgan fingerprint density at radius 2 is 1.45 bits per heavy atom. The average molecular weight is 528 g/mol. The second kappa shape index (κ2) is 8.87. The molecule has 1 saturated heterocycles. The van der Waals surface area contributed by atoms with E-state index in [-0.39, 0.29) is 30.8 Å². The number of sulfonamides is 2. The number of anilines is 1. The summed E-state index contributed by atoms with van der Waals surface area (Å²) in [7, 11) is -14.1. The van der Waals surface area contributed by atoms with Gasteiger partial charge in [0.25, 0.3) is 9.84 Å². The van der Waals surface area contributed by atoms with Crippen molar-refractivity contribution in [1.82, 2.24) is 4.31 Å². The lowest BCUT2D eigenvalue weighted by Crippen LogP contribution is -2.42. The third-order valence-electron chi connectivity index (χ3n) is 5.07. The van der Waals surface area contributed by atoms with Crippen molar-refractivity contribution in [3.05, 3.63) is 48.5 Å². The van der Waals surface area contributed by atoms with E-state index in [4.69, 9.17) is 5.14 Å². The number of nitrogens with zero attached hydrogens (tertiary/aromatic N) is 1. The van der Waals surface area contributed by atoms with Crippen molar-refractivity contribution in [2.24, 2.45) is 5.14 Å². The highest BCUT2D eigenvalue weighted by Crippen LogP contribution is 2.36. The van der Waals surface area contributed by atoms with Crippen LogP contribution in [0.3, 0.4) is 0 Å². The molecule has 182 valence electrons. The average Bonchev–Trinajstić information content (AvgIpc) is 2.73. The number of rotatable bonds is 6. The second-order valence-corrected chi connectivity index (χ2v) is 12.7. The molecule has 2 aromatic carbocycles. The topological polar surface area (TPSA) is 144 Å². The first kappa shape index (κ1) is 25.4. The number of hydrogen-bond donors (Lipinski definition) is 2. The first-order valence-electron chi connectivity index (χ1n) is 9.44. The van der Waals surface area contributed by atoms with E-state index in [2.05, 4.69) is 5.32 Å². The van der Waals surface area contributed by atoms with Gasteiger partial charge in [-0.2, -0.15) is 17.5 Å². The first-order chi connectivity index (χ1) is 15.1. The van der Waals surface area contributed by atoms with E-state index in [1.54, 1.807) is 18.2 Å². The van der Waals surface area contributed by atoms with Crippen LogP contribution in [-0.2, 0) is 29.9 Å². The highest BCUT2D eigenvalue weighted by Gasteiger charge is 2.48. The van der Waals surface area contributed by atoms with Crippen molar-refractivity contribution in [3.63, 3.8) is 0 Å². The lowest BCUT2D eigenvalue weighted by molar-refractivity contribution is -0.0435. The first-order valence-corrected chi connectivity index (χ1v) is 13.9. The molecule has 0 aliphatic carbocycles. The fraction of sp³-hybridized carbons (Fsp3) is 0.333. The molecule has 0 spiro atoms. The highest BCUT2D eigenvalue weighted by molar-refractivity contribution is 7.92. The molecular formula is C18H20F3N3O6S3. The van der Waals surface area contributed by atoms with E-state index in [9.17, 15) is 38.4 Å². The summed E-state index contributed by atoms with van der Waals surface area (Å²) in [6, 6.07) is 9.30. The Hall–Kier alpha value is -2.20. The van der Waals surface area contributed by atoms with Gasteiger partial charge in [-0.15, -0.1) is 0 Å². The van der Waals surface area contributed by atoms with E-state index in [1.165, 1.54) is 16.4 Å². The molecule has 1 fully saturated rings. The predicted molar refractivity (Wildman–Crippen MR) is 113 cm³/mol. The number of piperidine rings is 1. The maximum Gasteiger partial charge on any atom is 0.501 e. The van der Waals surface area contributed by atoms with Crippen LogP contribution in [0, 0.1) is 0 Å². The lowest BCUT2D eigenvalue weighted by atomic mass is 10.1. The van der Waals surface area contributed by atoms with Crippen LogP contribution in [0.25, 0.3) is 0 Å². The molecule has 2 aromatic rings. The number of sulfone groups is 1. The fourth-order valence-electron chi connectivity index (χ4n) is 3.35. The summed E-state index contributed by atoms with van der Waals surface area (Å²) < 4.78 is 113. The van der Waals surface area contributed by atoms with Gasteiger partial charge < -0.3 is 5.32 Å². The van der Waals surface area contributed by atoms with E-state index in [0.29, 0.717) is 6.07 Å². The summed E-state index contributed by atoms with van der Waals surface area (Å²) in [5.74, 6) is 0. The smallest absolute Gasteiger partial charge is 0.381 e. The molecule has 0 atom stereocenters. The minimum atomic E-state index is -5.90. The van der Waals surface area contributed by atoms with Crippen LogP contribution in [0.5, 0.6) is 0 Å². The van der Waals surface area contributed by atoms with Crippen LogP contribution in [0.4, 0.5) is 18.9 Å². The van der Waals surface area contributed by atoms with E-state index < -0.39 is 56.9 Å². The third kappa shape index (κ3) is 5.32. The minimum Gasteiger partial charge on any atom is -0.381 e. The molecular weight excluding hydrogens is 507 g/mol. The lowest BCUT2D eigenvalue weighted by Gasteiger charge is -2.32. The van der Waals surface area contributed by atoms with Gasteiger partial charge in [-0.05, 0) is 43.2 Å². The van der Waals surface area contributed by atoms with Gasteiger partial charge in [0.2, 0.25) is 20.0 Å². The van der Waals surface area contributed by atoms with Crippen LogP contribution in [-0.4, -0.2) is 54.2 Å². The fourth-order valence-corrected chi connectivity index (χ4v) is 6.40. The molecule has 0 amide bonds. The van der Waals surface area contributed by atoms with Crippen molar-refractivity contribution >= 4 is 35.6 Å². The van der Waals surface area contributed by atoms with Gasteiger partial charge in [0.05, 0.1) is 15.5 Å². The minimum absolute atomic E-state index is 0.0471. The predicted octanol–water partition coefficient (Wildman–Crippen LogP) is 1.89. The Morgan fingerprint density at radius 1 is 0.879 bits per heavy atom. The number of nitrogens with one attached hydrogen (secondary N) is 1. The van der Waals surface area contributed by atoms with Crippen molar-refractivity contribution in [2.45, 2.75) is 39.1 Å². The molecule has 1 heterocycles. The molecule has 0 aromatic heterocycles. The molecule has 1 aliphatic heterocycles. The maximum atomic E-state index is 13.2. The standard InChI is InChI=1S/C18H20F3N3O6S3/c19-18(20,21)31(25,26)17-12-15(32(22,27)28)6-7-16(17)23-13-8-10-24(11-9-13)33(29,30)14-4-2-1-3-5-14/h1-7,12-13,23H,8-11H2,(H2,22,27,28). The van der Waals surface area contributed by atoms with Gasteiger partial charge in [-0.3, -0.25) is 0 Å². The summed E-state index contributed by atoms with van der Waals surface area (Å²) in [6.45, 7) is 0.0943. The number of nitrogens with two attached hydrogens (primary N) is 1. The van der Waals surface area contributed by atoms with Crippen LogP contribution in [0.1, 0.15) is 12.8 Å². The van der Waals surface area contributed by atoms with Gasteiger partial charge in [0, 0.05) is 19.1 Å². The molecule has 3 rings (SSSR count). The van der Waals surface area contributed by atoms with Crippen molar-refractivity contribution < 1.29 is 38.4 Å². The van der Waals surface area contributed by atoms with E-state index >= 15 is 0 Å². The van der Waals surface area contributed by atoms with Crippen LogP contribution in [0.15, 0.2) is 63.2 Å². The third-order valence-corrected chi connectivity index (χ3v) is 9.42. The molecule has 0 unspecified atom stereocenters. The molecule has 0 radical (unpaired) electrons. The van der Waals surface area contributed by atoms with Gasteiger partial charge >= 0.3 is 5.51 Å². The van der Waals surface area contributed by atoms with E-state index in [1.807, 2.05) is 0 Å². The van der Waals surface area contributed by atoms with E-state index in [0.717, 1.165) is 12.1 Å². The number of primary sulfonamides is 1. The highest BCUT2D eigenvalue weighted by atomic mass is 32.2. The van der Waals surface area contributed by atoms with Crippen LogP contribution < -0.4 is 10.5 Å². The van der Waals surface area contributed by atoms with Crippen molar-refractivity contribution in [3.8, 4) is 0 Å². The van der Waals surface area contributed by atoms with Crippen molar-refractivity contribution in [2.75, 3.05) is 18.4 Å². The second-order valence-electron chi connectivity index (χ2n) is 7.29. The Bertz CT molecular complexity index is 1340. The number of halogens is 3. The van der Waals surface area contributed by atoms with Crippen LogP contribution >= 0.6 is 0 Å². The molecule has 1 aliphatic rings. The summed E-state index contributed by atoms with van der Waals surface area (Å²) >= 11 is 0. The SMILES string of the molecule is NS(=O)(=O)c1ccc(NC2CCN(S(=O)(=O)c3ccccc3)CC2)c(S(=O)(=O)C(F)(F)F)c1. The van der Waals surface area contributed by atoms with Gasteiger partial charge in [0.1, 0.15) is 4.90 Å². The largest absolute Gasteiger partial charge is 0.501 e. The molecule has 9 nitrogen and oxygen atoms in total. The van der Waals surface area contributed by atoms with Gasteiger partial charge in [-0.1, -0.05) is 18.2 Å². The van der Waals surface area contributed by atoms with Crippen LogP contribution in [0.2, 0.25) is 0 Å². The normalized spacial score (nSPS) is 17.1. The van der Waals surface area contributed by atoms with Gasteiger partial charge in [-0.25, -0.2) is 30.4 Å². The zero-order valence-corrected chi connectivity index (χ0v) is 19.3. The Kier molecular flexibility index (Phi) is 6.83. The van der Waals surface area contributed by atoms with Crippen molar-refractivity contribution in [1.29, 1.82) is 0 Å². The number of benzene rings is 2. The molecule has 0 bridgehead atoms. The summed E-state index contributed by atoms with van der Waals surface area (Å²) in [6.07, 6.45) is 0.350. The summed E-state index contributed by atoms with van der Waals surface area (Å²) in [4.78, 5) is -1.96. The molecule has 0 saturated carbocycles.